The van der Waals surface area contributed by atoms with Crippen LogP contribution >= 0.6 is 0 Å². The summed E-state index contributed by atoms with van der Waals surface area (Å²) >= 11 is 0. The van der Waals surface area contributed by atoms with Gasteiger partial charge in [-0.1, -0.05) is 12.1 Å². The van der Waals surface area contributed by atoms with Gasteiger partial charge in [0.25, 0.3) is 5.91 Å². The van der Waals surface area contributed by atoms with Gasteiger partial charge >= 0.3 is 0 Å². The van der Waals surface area contributed by atoms with E-state index in [0.29, 0.717) is 17.1 Å². The molecule has 0 unspecified atom stereocenters. The van der Waals surface area contributed by atoms with Crippen LogP contribution in [0.4, 0.5) is 5.69 Å². The fourth-order valence-electron chi connectivity index (χ4n) is 2.40. The van der Waals surface area contributed by atoms with Crippen LogP contribution in [0, 0.1) is 6.92 Å². The van der Waals surface area contributed by atoms with E-state index in [1.54, 1.807) is 24.1 Å². The number of ether oxygens (including phenoxy) is 1. The molecule has 112 valence electrons. The first kappa shape index (κ1) is 14.3. The minimum absolute atomic E-state index is 0.0469. The maximum atomic E-state index is 12.3. The molecule has 0 N–H and O–H groups in total. The number of hydrogen-bond acceptors (Lipinski definition) is 4. The third-order valence-corrected chi connectivity index (χ3v) is 3.65. The van der Waals surface area contributed by atoms with Crippen molar-refractivity contribution in [1.29, 1.82) is 0 Å². The molecule has 2 heterocycles. The molecule has 5 heteroatoms. The van der Waals surface area contributed by atoms with Crippen LogP contribution in [0.15, 0.2) is 36.4 Å². The number of likely N-dealkylation sites (N-methyl/N-ethyl adjacent to an activating group) is 1. The quantitative estimate of drug-likeness (QED) is 0.814. The lowest BCUT2D eigenvalue weighted by Crippen LogP contribution is -2.35. The van der Waals surface area contributed by atoms with E-state index in [-0.39, 0.29) is 24.7 Å². The highest BCUT2D eigenvalue weighted by Crippen LogP contribution is 2.32. The number of aryl methyl sites for hydroxylation is 1. The molecule has 1 aromatic carbocycles. The largest absolute Gasteiger partial charge is 0.482 e. The van der Waals surface area contributed by atoms with Crippen LogP contribution in [0.5, 0.6) is 5.75 Å². The number of carbonyl (C=O) groups is 2. The standard InChI is InChI=1S/C17H16N2O3/c1-11-4-3-5-13(18-11)15(20)9-12-6-7-16-14(8-12)19(2)17(21)10-22-16/h3-8H,9-10H2,1-2H3. The van der Waals surface area contributed by atoms with Crippen LogP contribution in [0.3, 0.4) is 0 Å². The Labute approximate surface area is 128 Å². The highest BCUT2D eigenvalue weighted by Gasteiger charge is 2.22. The van der Waals surface area contributed by atoms with Crippen LogP contribution in [-0.2, 0) is 11.2 Å². The smallest absolute Gasteiger partial charge is 0.264 e. The van der Waals surface area contributed by atoms with E-state index >= 15 is 0 Å². The van der Waals surface area contributed by atoms with E-state index in [1.165, 1.54) is 0 Å². The Morgan fingerprint density at radius 3 is 2.91 bits per heavy atom. The van der Waals surface area contributed by atoms with Crippen LogP contribution < -0.4 is 9.64 Å². The molecule has 22 heavy (non-hydrogen) atoms. The molecule has 0 saturated heterocycles. The Balaban J connectivity index is 1.84. The monoisotopic (exact) mass is 296 g/mol. The number of pyridine rings is 1. The molecule has 0 bridgehead atoms. The van der Waals surface area contributed by atoms with Crippen LogP contribution in [0.1, 0.15) is 21.7 Å². The summed E-state index contributed by atoms with van der Waals surface area (Å²) in [7, 11) is 1.71. The Morgan fingerprint density at radius 1 is 1.32 bits per heavy atom. The molecule has 1 amide bonds. The van der Waals surface area contributed by atoms with Crippen molar-refractivity contribution in [3.63, 3.8) is 0 Å². The van der Waals surface area contributed by atoms with Gasteiger partial charge < -0.3 is 9.64 Å². The first-order chi connectivity index (χ1) is 10.5. The van der Waals surface area contributed by atoms with Gasteiger partial charge in [-0.05, 0) is 36.8 Å². The molecule has 0 fully saturated rings. The van der Waals surface area contributed by atoms with Crippen molar-refractivity contribution < 1.29 is 14.3 Å². The van der Waals surface area contributed by atoms with E-state index in [0.717, 1.165) is 11.3 Å². The van der Waals surface area contributed by atoms with Crippen molar-refractivity contribution in [2.45, 2.75) is 13.3 Å². The molecule has 2 aromatic rings. The van der Waals surface area contributed by atoms with Gasteiger partial charge in [0, 0.05) is 19.2 Å². The summed E-state index contributed by atoms with van der Waals surface area (Å²) in [6.45, 7) is 1.91. The normalized spacial score (nSPS) is 13.5. The molecule has 1 aliphatic rings. The molecule has 1 aromatic heterocycles. The minimum atomic E-state index is -0.101. The third-order valence-electron chi connectivity index (χ3n) is 3.65. The van der Waals surface area contributed by atoms with E-state index in [1.807, 2.05) is 31.2 Å². The average Bonchev–Trinajstić information content (AvgIpc) is 2.51. The highest BCUT2D eigenvalue weighted by molar-refractivity contribution is 5.98. The zero-order chi connectivity index (χ0) is 15.7. The van der Waals surface area contributed by atoms with Crippen molar-refractivity contribution in [3.8, 4) is 5.75 Å². The van der Waals surface area contributed by atoms with E-state index in [4.69, 9.17) is 4.74 Å². The number of aromatic nitrogens is 1. The number of rotatable bonds is 3. The number of amides is 1. The molecule has 0 aliphatic carbocycles. The summed E-state index contributed by atoms with van der Waals surface area (Å²) in [5, 5.41) is 0. The third kappa shape index (κ3) is 2.70. The molecule has 0 atom stereocenters. The zero-order valence-electron chi connectivity index (χ0n) is 12.5. The van der Waals surface area contributed by atoms with Gasteiger partial charge in [-0.3, -0.25) is 14.6 Å². The van der Waals surface area contributed by atoms with Gasteiger partial charge in [0.1, 0.15) is 11.4 Å². The van der Waals surface area contributed by atoms with E-state index in [9.17, 15) is 9.59 Å². The van der Waals surface area contributed by atoms with Crippen molar-refractivity contribution in [2.24, 2.45) is 0 Å². The van der Waals surface area contributed by atoms with Crippen molar-refractivity contribution in [3.05, 3.63) is 53.3 Å². The number of anilines is 1. The number of nitrogens with zero attached hydrogens (tertiary/aromatic N) is 2. The summed E-state index contributed by atoms with van der Waals surface area (Å²) < 4.78 is 5.38. The predicted molar refractivity (Wildman–Crippen MR) is 82.4 cm³/mol. The van der Waals surface area contributed by atoms with Crippen LogP contribution in [0.25, 0.3) is 0 Å². The molecular weight excluding hydrogens is 280 g/mol. The fourth-order valence-corrected chi connectivity index (χ4v) is 2.40. The zero-order valence-corrected chi connectivity index (χ0v) is 12.5. The molecule has 3 rings (SSSR count). The number of ketones is 1. The Hall–Kier alpha value is -2.69. The van der Waals surface area contributed by atoms with Gasteiger partial charge in [-0.25, -0.2) is 0 Å². The number of benzene rings is 1. The van der Waals surface area contributed by atoms with Crippen molar-refractivity contribution in [1.82, 2.24) is 4.98 Å². The number of Topliss-reactive ketones (excluding diaryl/α,β-unsaturated/α-hetero) is 1. The molecule has 0 saturated carbocycles. The van der Waals surface area contributed by atoms with Crippen LogP contribution in [-0.4, -0.2) is 30.3 Å². The Morgan fingerprint density at radius 2 is 2.14 bits per heavy atom. The minimum Gasteiger partial charge on any atom is -0.482 e. The topological polar surface area (TPSA) is 59.5 Å². The first-order valence-electron chi connectivity index (χ1n) is 7.04. The van der Waals surface area contributed by atoms with Crippen molar-refractivity contribution in [2.75, 3.05) is 18.6 Å². The first-order valence-corrected chi connectivity index (χ1v) is 7.04. The summed E-state index contributed by atoms with van der Waals surface area (Å²) in [5.74, 6) is 0.512. The lowest BCUT2D eigenvalue weighted by molar-refractivity contribution is -0.120. The van der Waals surface area contributed by atoms with E-state index < -0.39 is 0 Å². The Bertz CT molecular complexity index is 755. The highest BCUT2D eigenvalue weighted by atomic mass is 16.5. The fraction of sp³-hybridized carbons (Fsp3) is 0.235. The predicted octanol–water partition coefficient (Wildman–Crippen LogP) is 2.17. The van der Waals surface area contributed by atoms with Gasteiger partial charge in [0.05, 0.1) is 5.69 Å². The van der Waals surface area contributed by atoms with Crippen LogP contribution in [0.2, 0.25) is 0 Å². The van der Waals surface area contributed by atoms with Gasteiger partial charge in [-0.2, -0.15) is 0 Å². The number of carbonyl (C=O) groups excluding carboxylic acids is 2. The molecule has 5 nitrogen and oxygen atoms in total. The SMILES string of the molecule is Cc1cccc(C(=O)Cc2ccc3c(c2)N(C)C(=O)CO3)n1. The maximum Gasteiger partial charge on any atom is 0.264 e. The Kier molecular flexibility index (Phi) is 3.63. The second-order valence-corrected chi connectivity index (χ2v) is 5.31. The molecule has 0 spiro atoms. The maximum absolute atomic E-state index is 12.3. The van der Waals surface area contributed by atoms with Gasteiger partial charge in [0.15, 0.2) is 12.4 Å². The molecular formula is C17H16N2O3. The summed E-state index contributed by atoms with van der Waals surface area (Å²) in [6, 6.07) is 10.9. The summed E-state index contributed by atoms with van der Waals surface area (Å²) in [6.07, 6.45) is 0.242. The van der Waals surface area contributed by atoms with Gasteiger partial charge in [-0.15, -0.1) is 0 Å². The number of hydrogen-bond donors (Lipinski definition) is 0. The molecule has 0 radical (unpaired) electrons. The lowest BCUT2D eigenvalue weighted by atomic mass is 10.0. The lowest BCUT2D eigenvalue weighted by Gasteiger charge is -2.26. The second kappa shape index (κ2) is 5.60. The van der Waals surface area contributed by atoms with Gasteiger partial charge in [0.2, 0.25) is 0 Å². The number of fused-ring (bicyclic) bond motifs is 1. The second-order valence-electron chi connectivity index (χ2n) is 5.31. The molecule has 1 aliphatic heterocycles. The average molecular weight is 296 g/mol. The summed E-state index contributed by atoms with van der Waals surface area (Å²) in [5.41, 5.74) is 2.80. The summed E-state index contributed by atoms with van der Waals surface area (Å²) in [4.78, 5) is 29.8. The van der Waals surface area contributed by atoms with E-state index in [2.05, 4.69) is 4.98 Å². The van der Waals surface area contributed by atoms with Crippen molar-refractivity contribution >= 4 is 17.4 Å².